The van der Waals surface area contributed by atoms with Gasteiger partial charge in [-0.05, 0) is 26.3 Å². The van der Waals surface area contributed by atoms with Gasteiger partial charge in [0.05, 0.1) is 6.10 Å². The van der Waals surface area contributed by atoms with Crippen molar-refractivity contribution in [3.8, 4) is 0 Å². The van der Waals surface area contributed by atoms with Crippen LogP contribution in [-0.4, -0.2) is 25.3 Å². The lowest BCUT2D eigenvalue weighted by molar-refractivity contribution is 0.0258. The van der Waals surface area contributed by atoms with Crippen molar-refractivity contribution in [3.63, 3.8) is 0 Å². The molecule has 0 aliphatic rings. The fraction of sp³-hybridized carbons (Fsp3) is 1.00. The normalized spacial score (nSPS) is 15.2. The van der Waals surface area contributed by atoms with Gasteiger partial charge in [-0.2, -0.15) is 0 Å². The maximum atomic E-state index is 5.83. The number of unbranched alkanes of at least 4 members (excludes halogenated alkanes) is 1. The first kappa shape index (κ1) is 14.9. The molecule has 0 saturated carbocycles. The minimum Gasteiger partial charge on any atom is -0.377 e. The van der Waals surface area contributed by atoms with Crippen LogP contribution in [0.1, 0.15) is 59.8 Å². The molecule has 0 aliphatic carbocycles. The zero-order valence-corrected chi connectivity index (χ0v) is 11.0. The molecule has 15 heavy (non-hydrogen) atoms. The number of hydrogen-bond donors (Lipinski definition) is 1. The summed E-state index contributed by atoms with van der Waals surface area (Å²) in [7, 11) is 0. The van der Waals surface area contributed by atoms with E-state index in [1.807, 2.05) is 0 Å². The molecule has 2 nitrogen and oxygen atoms in total. The average Bonchev–Trinajstić information content (AvgIpc) is 2.24. The van der Waals surface area contributed by atoms with Gasteiger partial charge in [-0.15, -0.1) is 0 Å². The first-order chi connectivity index (χ1) is 7.29. The molecule has 0 aromatic rings. The lowest BCUT2D eigenvalue weighted by atomic mass is 10.0. The Morgan fingerprint density at radius 3 is 2.20 bits per heavy atom. The van der Waals surface area contributed by atoms with E-state index in [1.165, 1.54) is 32.1 Å². The summed E-state index contributed by atoms with van der Waals surface area (Å²) < 4.78 is 5.83. The molecular weight excluding hydrogens is 186 g/mol. The summed E-state index contributed by atoms with van der Waals surface area (Å²) in [6, 6.07) is 0.551. The first-order valence-corrected chi connectivity index (χ1v) is 6.64. The third-order valence-electron chi connectivity index (χ3n) is 2.74. The highest BCUT2D eigenvalue weighted by atomic mass is 16.5. The van der Waals surface area contributed by atoms with Gasteiger partial charge in [0.15, 0.2) is 0 Å². The van der Waals surface area contributed by atoms with Crippen LogP contribution in [0.3, 0.4) is 0 Å². The van der Waals surface area contributed by atoms with Crippen LogP contribution in [0.5, 0.6) is 0 Å². The molecule has 2 unspecified atom stereocenters. The van der Waals surface area contributed by atoms with Crippen LogP contribution in [0.25, 0.3) is 0 Å². The quantitative estimate of drug-likeness (QED) is 0.603. The fourth-order valence-electron chi connectivity index (χ4n) is 2.00. The molecule has 0 aromatic carbocycles. The van der Waals surface area contributed by atoms with Crippen LogP contribution < -0.4 is 5.32 Å². The monoisotopic (exact) mass is 215 g/mol. The van der Waals surface area contributed by atoms with Crippen LogP contribution in [-0.2, 0) is 4.74 Å². The van der Waals surface area contributed by atoms with E-state index in [9.17, 15) is 0 Å². The van der Waals surface area contributed by atoms with E-state index in [0.29, 0.717) is 12.1 Å². The van der Waals surface area contributed by atoms with Crippen LogP contribution in [0.4, 0.5) is 0 Å². The van der Waals surface area contributed by atoms with Gasteiger partial charge in [0.1, 0.15) is 0 Å². The van der Waals surface area contributed by atoms with Crippen molar-refractivity contribution in [2.24, 2.45) is 0 Å². The summed E-state index contributed by atoms with van der Waals surface area (Å²) in [5.41, 5.74) is 0. The maximum Gasteiger partial charge on any atom is 0.0727 e. The van der Waals surface area contributed by atoms with Gasteiger partial charge < -0.3 is 10.1 Å². The SMILES string of the molecule is CCCCC(NCC)C(CCC)OCC. The van der Waals surface area contributed by atoms with Crippen molar-refractivity contribution in [1.29, 1.82) is 0 Å². The van der Waals surface area contributed by atoms with E-state index < -0.39 is 0 Å². The van der Waals surface area contributed by atoms with Crippen LogP contribution in [0.2, 0.25) is 0 Å². The van der Waals surface area contributed by atoms with E-state index in [4.69, 9.17) is 4.74 Å². The Kier molecular flexibility index (Phi) is 10.4. The summed E-state index contributed by atoms with van der Waals surface area (Å²) in [4.78, 5) is 0. The molecule has 0 aromatic heterocycles. The van der Waals surface area contributed by atoms with Crippen molar-refractivity contribution in [3.05, 3.63) is 0 Å². The fourth-order valence-corrected chi connectivity index (χ4v) is 2.00. The smallest absolute Gasteiger partial charge is 0.0727 e. The molecule has 0 rings (SSSR count). The second-order valence-corrected chi connectivity index (χ2v) is 4.09. The molecule has 2 heteroatoms. The lowest BCUT2D eigenvalue weighted by Crippen LogP contribution is -2.41. The van der Waals surface area contributed by atoms with Gasteiger partial charge in [-0.25, -0.2) is 0 Å². The molecule has 0 amide bonds. The van der Waals surface area contributed by atoms with Gasteiger partial charge >= 0.3 is 0 Å². The number of likely N-dealkylation sites (N-methyl/N-ethyl adjacent to an activating group) is 1. The second-order valence-electron chi connectivity index (χ2n) is 4.09. The highest BCUT2D eigenvalue weighted by molar-refractivity contribution is 4.76. The van der Waals surface area contributed by atoms with E-state index in [2.05, 4.69) is 33.0 Å². The Hall–Kier alpha value is -0.0800. The highest BCUT2D eigenvalue weighted by Crippen LogP contribution is 2.13. The average molecular weight is 215 g/mol. The predicted molar refractivity (Wildman–Crippen MR) is 67.3 cm³/mol. The van der Waals surface area contributed by atoms with Crippen molar-refractivity contribution in [1.82, 2.24) is 5.32 Å². The molecule has 92 valence electrons. The number of rotatable bonds is 10. The van der Waals surface area contributed by atoms with E-state index in [0.717, 1.165) is 13.2 Å². The van der Waals surface area contributed by atoms with Crippen molar-refractivity contribution in [2.45, 2.75) is 71.9 Å². The molecule has 0 radical (unpaired) electrons. The molecule has 0 heterocycles. The van der Waals surface area contributed by atoms with Gasteiger partial charge in [0.25, 0.3) is 0 Å². The van der Waals surface area contributed by atoms with Crippen LogP contribution >= 0.6 is 0 Å². The van der Waals surface area contributed by atoms with E-state index in [-0.39, 0.29) is 0 Å². The molecule has 0 aliphatic heterocycles. The Morgan fingerprint density at radius 2 is 1.73 bits per heavy atom. The summed E-state index contributed by atoms with van der Waals surface area (Å²) in [5, 5.41) is 3.56. The van der Waals surface area contributed by atoms with Gasteiger partial charge in [-0.3, -0.25) is 0 Å². The van der Waals surface area contributed by atoms with Crippen LogP contribution in [0, 0.1) is 0 Å². The molecule has 0 fully saturated rings. The Bertz CT molecular complexity index is 122. The topological polar surface area (TPSA) is 21.3 Å². The lowest BCUT2D eigenvalue weighted by Gasteiger charge is -2.27. The molecule has 0 spiro atoms. The van der Waals surface area contributed by atoms with E-state index in [1.54, 1.807) is 0 Å². The molecule has 1 N–H and O–H groups in total. The molecule has 2 atom stereocenters. The number of nitrogens with one attached hydrogen (secondary N) is 1. The van der Waals surface area contributed by atoms with Crippen LogP contribution in [0.15, 0.2) is 0 Å². The molecular formula is C13H29NO. The van der Waals surface area contributed by atoms with Crippen molar-refractivity contribution >= 4 is 0 Å². The summed E-state index contributed by atoms with van der Waals surface area (Å²) in [6.07, 6.45) is 6.60. The molecule has 0 saturated heterocycles. The van der Waals surface area contributed by atoms with Gasteiger partial charge in [0, 0.05) is 12.6 Å². The second kappa shape index (κ2) is 10.4. The Morgan fingerprint density at radius 1 is 1.00 bits per heavy atom. The zero-order chi connectivity index (χ0) is 11.5. The number of hydrogen-bond acceptors (Lipinski definition) is 2. The predicted octanol–water partition coefficient (Wildman–Crippen LogP) is 3.36. The van der Waals surface area contributed by atoms with Crippen molar-refractivity contribution in [2.75, 3.05) is 13.2 Å². The number of ether oxygens (including phenoxy) is 1. The van der Waals surface area contributed by atoms with Gasteiger partial charge in [0.2, 0.25) is 0 Å². The first-order valence-electron chi connectivity index (χ1n) is 6.64. The Labute approximate surface area is 95.8 Å². The summed E-state index contributed by atoms with van der Waals surface area (Å²) >= 11 is 0. The molecule has 0 bridgehead atoms. The minimum atomic E-state index is 0.409. The zero-order valence-electron chi connectivity index (χ0n) is 11.0. The summed E-state index contributed by atoms with van der Waals surface area (Å²) in [6.45, 7) is 10.6. The van der Waals surface area contributed by atoms with Gasteiger partial charge in [-0.1, -0.05) is 40.0 Å². The third-order valence-corrected chi connectivity index (χ3v) is 2.74. The van der Waals surface area contributed by atoms with Crippen molar-refractivity contribution < 1.29 is 4.74 Å². The Balaban J connectivity index is 4.09. The standard InChI is InChI=1S/C13H29NO/c1-5-9-11-12(14-7-3)13(10-6-2)15-8-4/h12-14H,5-11H2,1-4H3. The summed E-state index contributed by atoms with van der Waals surface area (Å²) in [5.74, 6) is 0. The van der Waals surface area contributed by atoms with E-state index >= 15 is 0 Å². The third kappa shape index (κ3) is 6.91. The largest absolute Gasteiger partial charge is 0.377 e. The minimum absolute atomic E-state index is 0.409. The maximum absolute atomic E-state index is 5.83. The highest BCUT2D eigenvalue weighted by Gasteiger charge is 2.19.